The molecule has 1 aliphatic carbocycles. The number of halogens is 1. The highest BCUT2D eigenvalue weighted by atomic mass is 35.5. The molecule has 116 valence electrons. The number of benzene rings is 1. The van der Waals surface area contributed by atoms with Gasteiger partial charge < -0.3 is 15.4 Å². The van der Waals surface area contributed by atoms with E-state index in [0.717, 1.165) is 35.6 Å². The lowest BCUT2D eigenvalue weighted by Crippen LogP contribution is -2.38. The Bertz CT molecular complexity index is 474. The van der Waals surface area contributed by atoms with Crippen LogP contribution in [0.1, 0.15) is 31.4 Å². The average molecular weight is 310 g/mol. The minimum atomic E-state index is -0.0833. The minimum Gasteiger partial charge on any atom is -0.375 e. The molecule has 1 unspecified atom stereocenters. The molecular formula is C16H24ClN3O. The molecule has 5 heteroatoms. The van der Waals surface area contributed by atoms with Crippen molar-refractivity contribution in [3.63, 3.8) is 0 Å². The second kappa shape index (κ2) is 8.25. The van der Waals surface area contributed by atoms with Crippen LogP contribution in [0.15, 0.2) is 29.3 Å². The molecule has 1 saturated carbocycles. The lowest BCUT2D eigenvalue weighted by atomic mass is 10.1. The van der Waals surface area contributed by atoms with Gasteiger partial charge in [-0.05, 0) is 43.4 Å². The van der Waals surface area contributed by atoms with Crippen LogP contribution in [0.4, 0.5) is 0 Å². The van der Waals surface area contributed by atoms with Crippen LogP contribution in [-0.2, 0) is 4.74 Å². The van der Waals surface area contributed by atoms with Crippen LogP contribution in [0, 0.1) is 5.92 Å². The van der Waals surface area contributed by atoms with Crippen LogP contribution < -0.4 is 10.6 Å². The third-order valence-electron chi connectivity index (χ3n) is 3.52. The van der Waals surface area contributed by atoms with Crippen molar-refractivity contribution in [3.8, 4) is 0 Å². The number of guanidine groups is 1. The molecule has 2 N–H and O–H groups in total. The molecule has 0 heterocycles. The number of ether oxygens (including phenoxy) is 1. The summed E-state index contributed by atoms with van der Waals surface area (Å²) in [6, 6.07) is 7.74. The Morgan fingerprint density at radius 3 is 2.86 bits per heavy atom. The van der Waals surface area contributed by atoms with Crippen LogP contribution in [0.2, 0.25) is 5.02 Å². The molecule has 2 rings (SSSR count). The van der Waals surface area contributed by atoms with Gasteiger partial charge in [-0.1, -0.05) is 23.7 Å². The fraction of sp³-hybridized carbons (Fsp3) is 0.562. The molecule has 0 amide bonds. The van der Waals surface area contributed by atoms with E-state index in [1.807, 2.05) is 24.3 Å². The van der Waals surface area contributed by atoms with E-state index < -0.39 is 0 Å². The van der Waals surface area contributed by atoms with Crippen molar-refractivity contribution < 1.29 is 4.74 Å². The summed E-state index contributed by atoms with van der Waals surface area (Å²) in [7, 11) is 1.70. The number of aliphatic imine (C=N–C) groups is 1. The summed E-state index contributed by atoms with van der Waals surface area (Å²) in [5.74, 6) is 1.67. The molecule has 1 fully saturated rings. The first kappa shape index (κ1) is 16.1. The molecule has 1 aliphatic rings. The van der Waals surface area contributed by atoms with E-state index in [4.69, 9.17) is 16.3 Å². The van der Waals surface area contributed by atoms with E-state index >= 15 is 0 Å². The maximum absolute atomic E-state index is 6.03. The normalized spacial score (nSPS) is 16.6. The van der Waals surface area contributed by atoms with Gasteiger partial charge in [0.05, 0.1) is 6.54 Å². The Hall–Kier alpha value is -1.26. The highest BCUT2D eigenvalue weighted by molar-refractivity contribution is 6.30. The Kier molecular flexibility index (Phi) is 6.33. The molecule has 0 aromatic heterocycles. The molecule has 1 atom stereocenters. The Labute approximate surface area is 131 Å². The van der Waals surface area contributed by atoms with Gasteiger partial charge in [-0.2, -0.15) is 0 Å². The Morgan fingerprint density at radius 1 is 1.43 bits per heavy atom. The summed E-state index contributed by atoms with van der Waals surface area (Å²) < 4.78 is 5.54. The summed E-state index contributed by atoms with van der Waals surface area (Å²) in [6.45, 7) is 4.49. The van der Waals surface area contributed by atoms with Crippen LogP contribution in [0.25, 0.3) is 0 Å². The zero-order valence-electron chi connectivity index (χ0n) is 12.7. The first-order valence-electron chi connectivity index (χ1n) is 7.53. The van der Waals surface area contributed by atoms with Crippen molar-refractivity contribution >= 4 is 17.6 Å². The van der Waals surface area contributed by atoms with Crippen LogP contribution in [-0.4, -0.2) is 32.7 Å². The first-order chi connectivity index (χ1) is 10.2. The minimum absolute atomic E-state index is 0.0833. The van der Waals surface area contributed by atoms with Gasteiger partial charge >= 0.3 is 0 Å². The molecule has 4 nitrogen and oxygen atoms in total. The summed E-state index contributed by atoms with van der Waals surface area (Å²) >= 11 is 6.03. The maximum atomic E-state index is 6.03. The summed E-state index contributed by atoms with van der Waals surface area (Å²) in [4.78, 5) is 4.62. The van der Waals surface area contributed by atoms with Crippen molar-refractivity contribution in [3.05, 3.63) is 34.9 Å². The van der Waals surface area contributed by atoms with Crippen LogP contribution in [0.5, 0.6) is 0 Å². The van der Waals surface area contributed by atoms with Gasteiger partial charge in [-0.3, -0.25) is 4.99 Å². The van der Waals surface area contributed by atoms with E-state index in [-0.39, 0.29) is 6.10 Å². The van der Waals surface area contributed by atoms with Gasteiger partial charge in [0, 0.05) is 25.2 Å². The van der Waals surface area contributed by atoms with Crippen molar-refractivity contribution in [2.45, 2.75) is 25.9 Å². The molecule has 0 aliphatic heterocycles. The van der Waals surface area contributed by atoms with E-state index in [0.29, 0.717) is 6.54 Å². The predicted octanol–water partition coefficient (Wildman–Crippen LogP) is 2.99. The standard InChI is InChI=1S/C16H24ClN3O/c1-3-18-16(19-10-12-7-8-12)20-11-15(21-2)13-5-4-6-14(17)9-13/h4-6,9,12,15H,3,7-8,10-11H2,1-2H3,(H2,18,19,20). The highest BCUT2D eigenvalue weighted by Gasteiger charge is 2.21. The number of hydrogen-bond donors (Lipinski definition) is 2. The monoisotopic (exact) mass is 309 g/mol. The van der Waals surface area contributed by atoms with Crippen molar-refractivity contribution in [1.29, 1.82) is 0 Å². The quantitative estimate of drug-likeness (QED) is 0.601. The molecular weight excluding hydrogens is 286 g/mol. The number of rotatable bonds is 7. The summed E-state index contributed by atoms with van der Waals surface area (Å²) in [5.41, 5.74) is 1.05. The molecule has 0 radical (unpaired) electrons. The van der Waals surface area contributed by atoms with Gasteiger partial charge in [0.25, 0.3) is 0 Å². The van der Waals surface area contributed by atoms with Gasteiger partial charge in [0.15, 0.2) is 5.96 Å². The zero-order valence-corrected chi connectivity index (χ0v) is 13.5. The van der Waals surface area contributed by atoms with E-state index in [1.54, 1.807) is 7.11 Å². The molecule has 0 bridgehead atoms. The lowest BCUT2D eigenvalue weighted by molar-refractivity contribution is 0.111. The molecule has 21 heavy (non-hydrogen) atoms. The van der Waals surface area contributed by atoms with Gasteiger partial charge in [-0.25, -0.2) is 0 Å². The average Bonchev–Trinajstić information content (AvgIpc) is 3.29. The van der Waals surface area contributed by atoms with Crippen LogP contribution in [0.3, 0.4) is 0 Å². The first-order valence-corrected chi connectivity index (χ1v) is 7.91. The van der Waals surface area contributed by atoms with Gasteiger partial charge in [0.1, 0.15) is 6.10 Å². The zero-order chi connectivity index (χ0) is 15.1. The van der Waals surface area contributed by atoms with E-state index in [9.17, 15) is 0 Å². The van der Waals surface area contributed by atoms with Crippen LogP contribution >= 0.6 is 11.6 Å². The summed E-state index contributed by atoms with van der Waals surface area (Å²) in [5, 5.41) is 7.37. The smallest absolute Gasteiger partial charge is 0.191 e. The number of nitrogens with zero attached hydrogens (tertiary/aromatic N) is 1. The third kappa shape index (κ3) is 5.56. The fourth-order valence-electron chi connectivity index (χ4n) is 2.10. The second-order valence-corrected chi connectivity index (χ2v) is 5.76. The maximum Gasteiger partial charge on any atom is 0.191 e. The second-order valence-electron chi connectivity index (χ2n) is 5.32. The topological polar surface area (TPSA) is 45.7 Å². The van der Waals surface area contributed by atoms with Gasteiger partial charge in [-0.15, -0.1) is 0 Å². The molecule has 1 aromatic rings. The van der Waals surface area contributed by atoms with Crippen molar-refractivity contribution in [2.75, 3.05) is 26.7 Å². The third-order valence-corrected chi connectivity index (χ3v) is 3.75. The summed E-state index contributed by atoms with van der Waals surface area (Å²) in [6.07, 6.45) is 2.57. The number of methoxy groups -OCH3 is 1. The number of nitrogens with one attached hydrogen (secondary N) is 2. The SMILES string of the molecule is CCNC(=NCC(OC)c1cccc(Cl)c1)NCC1CC1. The van der Waals surface area contributed by atoms with Crippen molar-refractivity contribution in [2.24, 2.45) is 10.9 Å². The predicted molar refractivity (Wildman–Crippen MR) is 87.9 cm³/mol. The Balaban J connectivity index is 1.95. The van der Waals surface area contributed by atoms with E-state index in [1.165, 1.54) is 12.8 Å². The highest BCUT2D eigenvalue weighted by Crippen LogP contribution is 2.27. The molecule has 1 aromatic carbocycles. The molecule has 0 saturated heterocycles. The fourth-order valence-corrected chi connectivity index (χ4v) is 2.30. The lowest BCUT2D eigenvalue weighted by Gasteiger charge is -2.16. The van der Waals surface area contributed by atoms with Crippen molar-refractivity contribution in [1.82, 2.24) is 10.6 Å². The molecule has 0 spiro atoms. The largest absolute Gasteiger partial charge is 0.375 e. The van der Waals surface area contributed by atoms with Gasteiger partial charge in [0.2, 0.25) is 0 Å². The number of hydrogen-bond acceptors (Lipinski definition) is 2. The van der Waals surface area contributed by atoms with E-state index in [2.05, 4.69) is 22.5 Å². The Morgan fingerprint density at radius 2 is 2.24 bits per heavy atom.